The van der Waals surface area contributed by atoms with Crippen LogP contribution in [0.2, 0.25) is 0 Å². The maximum absolute atomic E-state index is 12.9. The number of carbonyl (C=O) groups is 2. The zero-order chi connectivity index (χ0) is 25.2. The number of hydrogen-bond donors (Lipinski definition) is 3. The van der Waals surface area contributed by atoms with Crippen molar-refractivity contribution in [2.24, 2.45) is 0 Å². The number of benzene rings is 3. The molecule has 0 radical (unpaired) electrons. The van der Waals surface area contributed by atoms with Gasteiger partial charge in [0.1, 0.15) is 6.04 Å². The third-order valence-corrected chi connectivity index (χ3v) is 7.90. The van der Waals surface area contributed by atoms with E-state index in [9.17, 15) is 19.8 Å². The molecule has 1 saturated heterocycles. The molecule has 6 heteroatoms. The van der Waals surface area contributed by atoms with Crippen LogP contribution in [0.4, 0.5) is 0 Å². The van der Waals surface area contributed by atoms with Crippen molar-refractivity contribution in [1.82, 2.24) is 10.2 Å². The highest BCUT2D eigenvalue weighted by atomic mass is 16.4. The second-order valence-corrected chi connectivity index (χ2v) is 10.3. The van der Waals surface area contributed by atoms with Crippen molar-refractivity contribution in [2.75, 3.05) is 6.54 Å². The molecule has 0 spiro atoms. The first-order chi connectivity index (χ1) is 17.4. The van der Waals surface area contributed by atoms with Crippen molar-refractivity contribution in [2.45, 2.75) is 69.2 Å². The molecule has 0 unspecified atom stereocenters. The summed E-state index contributed by atoms with van der Waals surface area (Å²) in [7, 11) is 0. The Morgan fingerprint density at radius 2 is 1.72 bits per heavy atom. The third kappa shape index (κ3) is 5.01. The van der Waals surface area contributed by atoms with E-state index in [4.69, 9.17) is 0 Å². The minimum Gasteiger partial charge on any atom is -0.480 e. The average molecular weight is 487 g/mol. The predicted octanol–water partition coefficient (Wildman–Crippen LogP) is 4.88. The summed E-state index contributed by atoms with van der Waals surface area (Å²) in [4.78, 5) is 25.7. The highest BCUT2D eigenvalue weighted by Gasteiger charge is 2.39. The highest BCUT2D eigenvalue weighted by Crippen LogP contribution is 2.35. The second kappa shape index (κ2) is 10.4. The van der Waals surface area contributed by atoms with Gasteiger partial charge in [-0.1, -0.05) is 61.0 Å². The van der Waals surface area contributed by atoms with Gasteiger partial charge in [0.15, 0.2) is 0 Å². The molecule has 3 aromatic carbocycles. The predicted molar refractivity (Wildman–Crippen MR) is 140 cm³/mol. The van der Waals surface area contributed by atoms with Gasteiger partial charge in [-0.2, -0.15) is 0 Å². The summed E-state index contributed by atoms with van der Waals surface area (Å²) in [5, 5.41) is 25.7. The first-order valence-corrected chi connectivity index (χ1v) is 13.0. The smallest absolute Gasteiger partial charge is 0.326 e. The number of aliphatic hydroxyl groups excluding tert-OH is 1. The third-order valence-electron chi connectivity index (χ3n) is 7.90. The Hall–Kier alpha value is -3.22. The van der Waals surface area contributed by atoms with Crippen molar-refractivity contribution >= 4 is 22.6 Å². The Morgan fingerprint density at radius 3 is 2.50 bits per heavy atom. The van der Waals surface area contributed by atoms with E-state index in [-0.39, 0.29) is 24.9 Å². The molecule has 1 heterocycles. The van der Waals surface area contributed by atoms with Gasteiger partial charge in [0, 0.05) is 30.6 Å². The monoisotopic (exact) mass is 486 g/mol. The number of hydrogen-bond acceptors (Lipinski definition) is 4. The van der Waals surface area contributed by atoms with Crippen molar-refractivity contribution in [3.63, 3.8) is 0 Å². The van der Waals surface area contributed by atoms with E-state index in [0.717, 1.165) is 25.7 Å². The summed E-state index contributed by atoms with van der Waals surface area (Å²) in [5.74, 6) is -0.993. The number of fused-ring (bicyclic) bond motifs is 1. The molecular formula is C30H34N2O4. The van der Waals surface area contributed by atoms with Crippen LogP contribution in [-0.2, 0) is 4.79 Å². The normalized spacial score (nSPS) is 25.1. The van der Waals surface area contributed by atoms with Crippen LogP contribution < -0.4 is 5.32 Å². The van der Waals surface area contributed by atoms with E-state index in [1.54, 1.807) is 12.1 Å². The van der Waals surface area contributed by atoms with Crippen LogP contribution in [0.5, 0.6) is 0 Å². The van der Waals surface area contributed by atoms with Gasteiger partial charge in [0.05, 0.1) is 6.10 Å². The lowest BCUT2D eigenvalue weighted by Gasteiger charge is -2.32. The number of aliphatic hydroxyl groups is 1. The van der Waals surface area contributed by atoms with Gasteiger partial charge >= 0.3 is 5.97 Å². The van der Waals surface area contributed by atoms with Gasteiger partial charge in [-0.3, -0.25) is 4.79 Å². The molecule has 2 fully saturated rings. The Balaban J connectivity index is 1.24. The summed E-state index contributed by atoms with van der Waals surface area (Å²) in [6, 6.07) is 22.3. The average Bonchev–Trinajstić information content (AvgIpc) is 3.30. The van der Waals surface area contributed by atoms with Crippen LogP contribution in [0.15, 0.2) is 66.7 Å². The molecule has 1 amide bonds. The summed E-state index contributed by atoms with van der Waals surface area (Å²) < 4.78 is 0. The Kier molecular flexibility index (Phi) is 7.08. The lowest BCUT2D eigenvalue weighted by atomic mass is 9.80. The van der Waals surface area contributed by atoms with Crippen LogP contribution >= 0.6 is 0 Å². The Labute approximate surface area is 211 Å². The highest BCUT2D eigenvalue weighted by molar-refractivity contribution is 5.97. The van der Waals surface area contributed by atoms with Gasteiger partial charge in [-0.05, 0) is 66.1 Å². The fourth-order valence-electron chi connectivity index (χ4n) is 6.05. The van der Waals surface area contributed by atoms with Crippen molar-refractivity contribution < 1.29 is 19.8 Å². The van der Waals surface area contributed by atoms with Crippen LogP contribution in [-0.4, -0.2) is 51.7 Å². The fraction of sp³-hybridized carbons (Fsp3) is 0.400. The van der Waals surface area contributed by atoms with Crippen LogP contribution in [0.1, 0.15) is 72.5 Å². The lowest BCUT2D eigenvalue weighted by Crippen LogP contribution is -2.40. The van der Waals surface area contributed by atoms with E-state index in [1.165, 1.54) is 26.8 Å². The van der Waals surface area contributed by atoms with Crippen molar-refractivity contribution in [3.05, 3.63) is 83.4 Å². The van der Waals surface area contributed by atoms with Crippen LogP contribution in [0, 0.1) is 0 Å². The van der Waals surface area contributed by atoms with Crippen LogP contribution in [0.25, 0.3) is 10.8 Å². The molecule has 188 valence electrons. The maximum atomic E-state index is 12.9. The summed E-state index contributed by atoms with van der Waals surface area (Å²) in [5.41, 5.74) is 3.01. The van der Waals surface area contributed by atoms with E-state index < -0.39 is 18.1 Å². The Morgan fingerprint density at radius 1 is 0.972 bits per heavy atom. The van der Waals surface area contributed by atoms with E-state index in [0.29, 0.717) is 17.5 Å². The summed E-state index contributed by atoms with van der Waals surface area (Å²) >= 11 is 0. The number of aliphatic carboxylic acids is 1. The number of β-amino-alcohol motifs (C(OH)–C–C–N with tert-alkyl or cyclic N) is 1. The first kappa shape index (κ1) is 24.5. The molecule has 1 aliphatic carbocycles. The van der Waals surface area contributed by atoms with Gasteiger partial charge in [0.2, 0.25) is 0 Å². The number of rotatable bonds is 6. The lowest BCUT2D eigenvalue weighted by molar-refractivity contribution is -0.141. The summed E-state index contributed by atoms with van der Waals surface area (Å²) in [6.45, 7) is 2.30. The molecule has 5 atom stereocenters. The largest absolute Gasteiger partial charge is 0.480 e. The number of nitrogens with one attached hydrogen (secondary N) is 1. The number of carboxylic acids is 1. The molecule has 2 aliphatic rings. The minimum atomic E-state index is -1.07. The zero-order valence-corrected chi connectivity index (χ0v) is 20.6. The van der Waals surface area contributed by atoms with Gasteiger partial charge in [0.25, 0.3) is 5.91 Å². The molecule has 36 heavy (non-hydrogen) atoms. The fourth-order valence-corrected chi connectivity index (χ4v) is 6.05. The second-order valence-electron chi connectivity index (χ2n) is 10.3. The zero-order valence-electron chi connectivity index (χ0n) is 20.6. The molecule has 0 aromatic heterocycles. The minimum absolute atomic E-state index is 0.0579. The van der Waals surface area contributed by atoms with E-state index in [2.05, 4.69) is 54.7 Å². The van der Waals surface area contributed by atoms with Crippen molar-refractivity contribution in [1.29, 1.82) is 0 Å². The summed E-state index contributed by atoms with van der Waals surface area (Å²) in [6.07, 6.45) is 3.74. The SMILES string of the molecule is C[C@@H](N[C@H]1CCC[C@H](c2ccc(C(=O)N3C[C@H](O)C[C@H]3C(=O)O)cc2)C1)c1cccc2ccccc12. The number of carboxylic acid groups (broad SMARTS) is 1. The van der Waals surface area contributed by atoms with Gasteiger partial charge < -0.3 is 20.4 Å². The molecule has 1 aliphatic heterocycles. The molecule has 3 N–H and O–H groups in total. The van der Waals surface area contributed by atoms with Gasteiger partial charge in [-0.25, -0.2) is 4.79 Å². The van der Waals surface area contributed by atoms with E-state index in [1.807, 2.05) is 12.1 Å². The molecular weight excluding hydrogens is 452 g/mol. The topological polar surface area (TPSA) is 89.9 Å². The molecule has 0 bridgehead atoms. The molecule has 6 nitrogen and oxygen atoms in total. The number of likely N-dealkylation sites (tertiary alicyclic amines) is 1. The first-order valence-electron chi connectivity index (χ1n) is 13.0. The molecule has 5 rings (SSSR count). The Bertz CT molecular complexity index is 1240. The standard InChI is InChI=1S/C30H34N2O4/c1-19(26-11-5-7-21-6-2-3-10-27(21)26)31-24-9-4-8-23(16-24)20-12-14-22(15-13-20)29(34)32-18-25(33)17-28(32)30(35)36/h2-3,5-7,10-15,19,23-25,28,31,33H,4,8-9,16-18H2,1H3,(H,35,36)/t19-,23+,24+,25-,28+/m1/s1. The van der Waals surface area contributed by atoms with Crippen LogP contribution in [0.3, 0.4) is 0 Å². The number of nitrogens with zero attached hydrogens (tertiary/aromatic N) is 1. The maximum Gasteiger partial charge on any atom is 0.326 e. The number of amides is 1. The van der Waals surface area contributed by atoms with E-state index >= 15 is 0 Å². The number of carbonyl (C=O) groups excluding carboxylic acids is 1. The van der Waals surface area contributed by atoms with Crippen molar-refractivity contribution in [3.8, 4) is 0 Å². The van der Waals surface area contributed by atoms with Gasteiger partial charge in [-0.15, -0.1) is 0 Å². The molecule has 3 aromatic rings. The molecule has 1 saturated carbocycles. The quantitative estimate of drug-likeness (QED) is 0.462.